The van der Waals surface area contributed by atoms with Crippen molar-refractivity contribution >= 4 is 23.4 Å². The molecule has 0 bridgehead atoms. The van der Waals surface area contributed by atoms with Gasteiger partial charge in [-0.1, -0.05) is 52.8 Å². The number of nitrogens with one attached hydrogen (secondary N) is 1. The summed E-state index contributed by atoms with van der Waals surface area (Å²) in [6.07, 6.45) is 13.6. The number of nitrogens with zero attached hydrogens (tertiary/aromatic N) is 1. The molecule has 4 saturated carbocycles. The smallest absolute Gasteiger partial charge is 0.337 e. The lowest BCUT2D eigenvalue weighted by molar-refractivity contribution is -0.226. The first-order valence-corrected chi connectivity index (χ1v) is 22.5. The van der Waals surface area contributed by atoms with Gasteiger partial charge < -0.3 is 24.3 Å². The van der Waals surface area contributed by atoms with Crippen LogP contribution in [0, 0.1) is 56.7 Å². The number of rotatable bonds is 13. The number of benzene rings is 1. The highest BCUT2D eigenvalue weighted by Crippen LogP contribution is 2.77. The molecule has 5 fully saturated rings. The molecule has 0 spiro atoms. The molecule has 316 valence electrons. The molecular weight excluding hydrogens is 717 g/mol. The highest BCUT2D eigenvalue weighted by Gasteiger charge is 2.71. The minimum absolute atomic E-state index is 0.0133. The number of carbonyl (C=O) groups is 3. The van der Waals surface area contributed by atoms with Gasteiger partial charge in [-0.3, -0.25) is 14.5 Å². The van der Waals surface area contributed by atoms with Crippen LogP contribution in [0.4, 0.5) is 0 Å². The topological polar surface area (TPSA) is 103 Å². The average molecular weight is 789 g/mol. The molecular formula is C48H72N2O7. The van der Waals surface area contributed by atoms with Gasteiger partial charge in [0, 0.05) is 32.8 Å². The quantitative estimate of drug-likeness (QED) is 0.157. The average Bonchev–Trinajstić information content (AvgIpc) is 3.57. The molecule has 0 radical (unpaired) electrons. The van der Waals surface area contributed by atoms with Gasteiger partial charge in [0.05, 0.1) is 50.9 Å². The molecule has 1 heterocycles. The summed E-state index contributed by atoms with van der Waals surface area (Å²) in [5, 5.41) is 3.28. The van der Waals surface area contributed by atoms with E-state index in [0.717, 1.165) is 84.6 Å². The van der Waals surface area contributed by atoms with E-state index in [0.29, 0.717) is 48.3 Å². The first-order chi connectivity index (χ1) is 27.2. The second-order valence-electron chi connectivity index (χ2n) is 19.9. The fourth-order valence-electron chi connectivity index (χ4n) is 14.5. The maximum Gasteiger partial charge on any atom is 0.337 e. The van der Waals surface area contributed by atoms with E-state index in [-0.39, 0.29) is 45.9 Å². The van der Waals surface area contributed by atoms with Crippen molar-refractivity contribution < 1.29 is 33.3 Å². The fourth-order valence-corrected chi connectivity index (χ4v) is 14.5. The van der Waals surface area contributed by atoms with Gasteiger partial charge in [-0.15, -0.1) is 0 Å². The molecule has 6 aliphatic rings. The zero-order valence-electron chi connectivity index (χ0n) is 36.2. The Balaban J connectivity index is 1.12. The number of fused-ring (bicyclic) bond motifs is 7. The van der Waals surface area contributed by atoms with E-state index < -0.39 is 5.41 Å². The maximum absolute atomic E-state index is 14.6. The van der Waals surface area contributed by atoms with Crippen molar-refractivity contribution in [3.63, 3.8) is 0 Å². The molecule has 1 N–H and O–H groups in total. The van der Waals surface area contributed by atoms with Crippen LogP contribution in [0.5, 0.6) is 0 Å². The van der Waals surface area contributed by atoms with Crippen LogP contribution in [0.3, 0.4) is 0 Å². The van der Waals surface area contributed by atoms with Crippen LogP contribution in [-0.2, 0) is 28.5 Å². The Bertz CT molecular complexity index is 1650. The normalized spacial score (nSPS) is 37.1. The Labute approximate surface area is 342 Å². The van der Waals surface area contributed by atoms with Crippen LogP contribution in [-0.4, -0.2) is 89.1 Å². The van der Waals surface area contributed by atoms with E-state index in [1.807, 2.05) is 19.1 Å². The van der Waals surface area contributed by atoms with E-state index in [2.05, 4.69) is 63.0 Å². The minimum Gasteiger partial charge on any atom is -0.466 e. The fraction of sp³-hybridized carbons (Fsp3) is 0.771. The molecule has 9 atom stereocenters. The number of morpholine rings is 1. The molecule has 57 heavy (non-hydrogen) atoms. The van der Waals surface area contributed by atoms with E-state index in [1.54, 1.807) is 0 Å². The monoisotopic (exact) mass is 789 g/mol. The summed E-state index contributed by atoms with van der Waals surface area (Å²) in [6.45, 7) is 21.3. The Morgan fingerprint density at radius 2 is 1.63 bits per heavy atom. The van der Waals surface area contributed by atoms with E-state index in [9.17, 15) is 14.4 Å². The lowest BCUT2D eigenvalue weighted by atomic mass is 9.32. The number of hydrogen-bond acceptors (Lipinski definition) is 8. The number of carbonyl (C=O) groups excluding carboxylic acids is 3. The van der Waals surface area contributed by atoms with E-state index in [1.165, 1.54) is 43.9 Å². The van der Waals surface area contributed by atoms with Crippen molar-refractivity contribution in [3.8, 4) is 0 Å². The molecule has 1 amide bonds. The highest BCUT2D eigenvalue weighted by molar-refractivity contribution is 5.90. The summed E-state index contributed by atoms with van der Waals surface area (Å²) >= 11 is 0. The van der Waals surface area contributed by atoms with Gasteiger partial charge >= 0.3 is 11.9 Å². The lowest BCUT2D eigenvalue weighted by Crippen LogP contribution is -2.66. The second kappa shape index (κ2) is 16.7. The van der Waals surface area contributed by atoms with Gasteiger partial charge in [0.15, 0.2) is 0 Å². The number of methoxy groups -OCH3 is 1. The molecule has 5 aliphatic carbocycles. The van der Waals surface area contributed by atoms with Gasteiger partial charge in [-0.25, -0.2) is 4.79 Å². The summed E-state index contributed by atoms with van der Waals surface area (Å²) in [5.41, 5.74) is 3.26. The van der Waals surface area contributed by atoms with Crippen LogP contribution < -0.4 is 5.32 Å². The summed E-state index contributed by atoms with van der Waals surface area (Å²) in [7, 11) is 1.43. The number of ether oxygens (including phenoxy) is 4. The van der Waals surface area contributed by atoms with Crippen molar-refractivity contribution in [1.82, 2.24) is 10.2 Å². The van der Waals surface area contributed by atoms with E-state index in [4.69, 9.17) is 18.9 Å². The van der Waals surface area contributed by atoms with Gasteiger partial charge in [-0.05, 0) is 146 Å². The van der Waals surface area contributed by atoms with Gasteiger partial charge in [0.2, 0.25) is 5.91 Å². The summed E-state index contributed by atoms with van der Waals surface area (Å²) < 4.78 is 22.0. The molecule has 1 saturated heterocycles. The van der Waals surface area contributed by atoms with Crippen molar-refractivity contribution in [3.05, 3.63) is 41.5 Å². The molecule has 1 aromatic carbocycles. The molecule has 1 aromatic rings. The highest BCUT2D eigenvalue weighted by atomic mass is 16.5. The van der Waals surface area contributed by atoms with Crippen LogP contribution in [0.2, 0.25) is 0 Å². The van der Waals surface area contributed by atoms with Crippen molar-refractivity contribution in [2.45, 2.75) is 112 Å². The predicted octanol–water partition coefficient (Wildman–Crippen LogP) is 8.36. The van der Waals surface area contributed by atoms with Gasteiger partial charge in [0.1, 0.15) is 0 Å². The van der Waals surface area contributed by atoms with Crippen molar-refractivity contribution in [2.24, 2.45) is 56.7 Å². The van der Waals surface area contributed by atoms with Gasteiger partial charge in [0.25, 0.3) is 0 Å². The number of hydrogen-bond donors (Lipinski definition) is 1. The molecule has 7 rings (SSSR count). The standard InChI is InChI=1S/C48H72N2O7/c1-8-57-40(51)18-25-49-43(53)48-22-15-34(19-29-55-30-26-50-27-31-56-32-28-50)41(48)37-13-14-39-45(4)20-16-36(33-9-11-35(12-10-33)42(52)54-7)44(2,3)38(45)17-21-47(39,6)46(37,5)23-24-48/h9-12,16,34,37-39,41H,8,13-15,17-32H2,1-7H3,(H,49,53). The van der Waals surface area contributed by atoms with Crippen LogP contribution in [0.25, 0.3) is 5.57 Å². The molecule has 1 aliphatic heterocycles. The molecule has 9 heteroatoms. The third kappa shape index (κ3) is 7.42. The SMILES string of the molecule is CCOC(=O)CCNC(=O)C12CCC(CCOCCN3CCOCC3)C1C1CCC3C4(C)CC=C(c5ccc(C(=O)OC)cc5)C(C)(C)C4CCC3(C)C1(C)CC2. The van der Waals surface area contributed by atoms with Gasteiger partial charge in [-0.2, -0.15) is 0 Å². The minimum atomic E-state index is -0.393. The number of amides is 1. The Hall–Kier alpha value is -2.75. The number of allylic oxidation sites excluding steroid dienone is 2. The number of esters is 2. The first-order valence-electron chi connectivity index (χ1n) is 22.5. The predicted molar refractivity (Wildman–Crippen MR) is 222 cm³/mol. The third-order valence-corrected chi connectivity index (χ3v) is 17.4. The Kier molecular flexibility index (Phi) is 12.4. The van der Waals surface area contributed by atoms with Crippen LogP contribution >= 0.6 is 0 Å². The van der Waals surface area contributed by atoms with Crippen LogP contribution in [0.1, 0.15) is 128 Å². The third-order valence-electron chi connectivity index (χ3n) is 17.4. The first kappa shape index (κ1) is 42.4. The molecule has 0 aromatic heterocycles. The largest absolute Gasteiger partial charge is 0.466 e. The maximum atomic E-state index is 14.6. The van der Waals surface area contributed by atoms with Crippen LogP contribution in [0.15, 0.2) is 30.3 Å². The summed E-state index contributed by atoms with van der Waals surface area (Å²) in [6, 6.07) is 8.03. The summed E-state index contributed by atoms with van der Waals surface area (Å²) in [4.78, 5) is 41.4. The van der Waals surface area contributed by atoms with E-state index >= 15 is 0 Å². The Morgan fingerprint density at radius 3 is 2.35 bits per heavy atom. The molecule has 9 nitrogen and oxygen atoms in total. The second-order valence-corrected chi connectivity index (χ2v) is 19.9. The zero-order chi connectivity index (χ0) is 40.6. The Morgan fingerprint density at radius 1 is 0.877 bits per heavy atom. The van der Waals surface area contributed by atoms with Crippen molar-refractivity contribution in [1.29, 1.82) is 0 Å². The molecule has 9 unspecified atom stereocenters. The zero-order valence-corrected chi connectivity index (χ0v) is 36.2. The van der Waals surface area contributed by atoms with Crippen molar-refractivity contribution in [2.75, 3.05) is 66.3 Å². The lowest BCUT2D eigenvalue weighted by Gasteiger charge is -2.72. The summed E-state index contributed by atoms with van der Waals surface area (Å²) in [5.74, 6) is 2.00.